The number of nitrogens with one attached hydrogen (secondary N) is 1. The van der Waals surface area contributed by atoms with Crippen molar-refractivity contribution in [1.29, 1.82) is 5.26 Å². The minimum atomic E-state index is -0.898. The molecule has 0 aliphatic carbocycles. The van der Waals surface area contributed by atoms with Crippen LogP contribution in [0.2, 0.25) is 0 Å². The van der Waals surface area contributed by atoms with Gasteiger partial charge in [0.15, 0.2) is 6.10 Å². The smallest absolute Gasteiger partial charge is 0.287 e. The van der Waals surface area contributed by atoms with Crippen LogP contribution < -0.4 is 5.32 Å². The summed E-state index contributed by atoms with van der Waals surface area (Å²) in [6.45, 7) is 9.85. The number of phenolic OH excluding ortho intramolecular Hbond substituents is 2. The third kappa shape index (κ3) is 9.65. The summed E-state index contributed by atoms with van der Waals surface area (Å²) in [7, 11) is 3.03. The van der Waals surface area contributed by atoms with E-state index < -0.39 is 30.3 Å². The third-order valence-corrected chi connectivity index (χ3v) is 8.50. The van der Waals surface area contributed by atoms with E-state index in [9.17, 15) is 25.4 Å². The van der Waals surface area contributed by atoms with Crippen LogP contribution in [0.1, 0.15) is 52.5 Å². The van der Waals surface area contributed by atoms with Gasteiger partial charge in [-0.05, 0) is 64.1 Å². The van der Waals surface area contributed by atoms with Gasteiger partial charge in [0, 0.05) is 50.1 Å². The number of aliphatic hydroxyl groups is 1. The van der Waals surface area contributed by atoms with Crippen LogP contribution in [0, 0.1) is 23.4 Å². The molecule has 1 unspecified atom stereocenters. The van der Waals surface area contributed by atoms with Crippen LogP contribution in [0.5, 0.6) is 11.5 Å². The Morgan fingerprint density at radius 2 is 1.89 bits per heavy atom. The first-order valence-corrected chi connectivity index (χ1v) is 15.5. The average Bonchev–Trinajstić information content (AvgIpc) is 3.53. The number of likely N-dealkylation sites (tertiary alicyclic amines) is 1. The van der Waals surface area contributed by atoms with Gasteiger partial charge in [0.25, 0.3) is 12.2 Å². The van der Waals surface area contributed by atoms with Gasteiger partial charge in [0.05, 0.1) is 17.9 Å². The Balaban J connectivity index is 2.07. The molecule has 1 aromatic carbocycles. The summed E-state index contributed by atoms with van der Waals surface area (Å²) in [4.78, 5) is 20.0. The predicted molar refractivity (Wildman–Crippen MR) is 174 cm³/mol. The molecule has 1 saturated heterocycles. The Kier molecular flexibility index (Phi) is 13.6. The number of allylic oxidation sites excluding steroid dienone is 2. The molecular formula is C34H48N4O7. The fourth-order valence-corrected chi connectivity index (χ4v) is 5.88. The van der Waals surface area contributed by atoms with Crippen molar-refractivity contribution in [2.45, 2.75) is 77.8 Å². The number of nitriles is 1. The number of methoxy groups -OCH3 is 2. The number of rotatable bonds is 6. The molecule has 0 saturated carbocycles. The molecule has 1 aromatic rings. The van der Waals surface area contributed by atoms with Crippen LogP contribution in [0.4, 0.5) is 11.4 Å². The van der Waals surface area contributed by atoms with Gasteiger partial charge >= 0.3 is 0 Å². The number of benzene rings is 1. The van der Waals surface area contributed by atoms with Crippen LogP contribution in [0.25, 0.3) is 0 Å². The van der Waals surface area contributed by atoms with Gasteiger partial charge in [-0.15, -0.1) is 0 Å². The summed E-state index contributed by atoms with van der Waals surface area (Å²) in [6, 6.07) is 1.30. The molecule has 1 amide bonds. The number of fused-ring (bicyclic) bond motifs is 2. The molecule has 246 valence electrons. The summed E-state index contributed by atoms with van der Waals surface area (Å²) < 4.78 is 16.7. The second kappa shape index (κ2) is 17.1. The van der Waals surface area contributed by atoms with Gasteiger partial charge in [-0.25, -0.2) is 0 Å². The van der Waals surface area contributed by atoms with Crippen LogP contribution in [0.3, 0.4) is 0 Å². The number of aliphatic hydroxyl groups excluding tert-OH is 1. The van der Waals surface area contributed by atoms with E-state index in [4.69, 9.17) is 14.2 Å². The normalized spacial score (nSPS) is 27.6. The van der Waals surface area contributed by atoms with Crippen LogP contribution in [-0.4, -0.2) is 90.6 Å². The molecule has 2 heterocycles. The second-order valence-corrected chi connectivity index (χ2v) is 12.0. The highest BCUT2D eigenvalue weighted by atomic mass is 16.5. The molecular weight excluding hydrogens is 576 g/mol. The van der Waals surface area contributed by atoms with Crippen molar-refractivity contribution in [3.63, 3.8) is 0 Å². The predicted octanol–water partition coefficient (Wildman–Crippen LogP) is 4.76. The average molecular weight is 625 g/mol. The monoisotopic (exact) mass is 624 g/mol. The molecule has 2 aliphatic rings. The standard InChI is InChI=1S/C34H48N4O7/c1-21-16-25-30(36-12-15-38-13-7-8-14-38)27(39)19-26(32(25)41)37-34(42)22(2)10-9-11-28(43-5)33(45-20-35)24(4)18-23(3)31(40)29(17-21)44-6/h9-12,18-19,21,23,28-29,31,33,39-41H,7-8,13-17H2,1-6H3,(H,37,42)/t21-,23-,28+,29-,31+,33?/m1/s1. The van der Waals surface area contributed by atoms with Crippen molar-refractivity contribution in [3.8, 4) is 17.8 Å². The van der Waals surface area contributed by atoms with Crippen LogP contribution >= 0.6 is 0 Å². The van der Waals surface area contributed by atoms with Gasteiger partial charge in [-0.3, -0.25) is 14.7 Å². The molecule has 11 heteroatoms. The van der Waals surface area contributed by atoms with Crippen LogP contribution in [-0.2, 0) is 25.4 Å². The van der Waals surface area contributed by atoms with E-state index in [1.54, 1.807) is 44.5 Å². The molecule has 2 aliphatic heterocycles. The number of nitrogens with zero attached hydrogens (tertiary/aromatic N) is 3. The molecule has 2 bridgehead atoms. The Labute approximate surface area is 266 Å². The lowest BCUT2D eigenvalue weighted by atomic mass is 9.87. The number of ether oxygens (including phenoxy) is 3. The highest BCUT2D eigenvalue weighted by Gasteiger charge is 2.30. The topological polar surface area (TPSA) is 157 Å². The van der Waals surface area contributed by atoms with Crippen molar-refractivity contribution in [2.75, 3.05) is 39.2 Å². The minimum Gasteiger partial charge on any atom is -0.506 e. The second-order valence-electron chi connectivity index (χ2n) is 12.0. The lowest BCUT2D eigenvalue weighted by molar-refractivity contribution is -0.112. The lowest BCUT2D eigenvalue weighted by Crippen LogP contribution is -2.35. The van der Waals surface area contributed by atoms with Gasteiger partial charge in [-0.1, -0.05) is 38.2 Å². The number of hydrogen-bond donors (Lipinski definition) is 4. The quantitative estimate of drug-likeness (QED) is 0.115. The summed E-state index contributed by atoms with van der Waals surface area (Å²) in [5, 5.41) is 45.8. The Hall–Kier alpha value is -3.69. The summed E-state index contributed by atoms with van der Waals surface area (Å²) >= 11 is 0. The zero-order chi connectivity index (χ0) is 33.1. The number of anilines is 1. The number of amides is 1. The molecule has 11 nitrogen and oxygen atoms in total. The first kappa shape index (κ1) is 35.8. The zero-order valence-corrected chi connectivity index (χ0v) is 27.2. The molecule has 6 atom stereocenters. The van der Waals surface area contributed by atoms with Gasteiger partial charge in [0.2, 0.25) is 0 Å². The molecule has 3 rings (SSSR count). The van der Waals surface area contributed by atoms with E-state index in [1.807, 2.05) is 19.9 Å². The van der Waals surface area contributed by atoms with E-state index >= 15 is 0 Å². The van der Waals surface area contributed by atoms with Crippen molar-refractivity contribution >= 4 is 23.5 Å². The number of carbonyl (C=O) groups is 1. The first-order valence-electron chi connectivity index (χ1n) is 15.5. The first-order chi connectivity index (χ1) is 21.5. The van der Waals surface area contributed by atoms with Gasteiger partial charge in [-0.2, -0.15) is 5.26 Å². The van der Waals surface area contributed by atoms with E-state index in [0.717, 1.165) is 25.9 Å². The lowest BCUT2D eigenvalue weighted by Gasteiger charge is -2.29. The molecule has 0 radical (unpaired) electrons. The molecule has 4 N–H and O–H groups in total. The number of phenols is 2. The van der Waals surface area contributed by atoms with Crippen LogP contribution in [0.15, 0.2) is 46.5 Å². The summed E-state index contributed by atoms with van der Waals surface area (Å²) in [5.41, 5.74) is 1.70. The maximum Gasteiger partial charge on any atom is 0.287 e. The maximum absolute atomic E-state index is 13.1. The molecule has 0 aromatic heterocycles. The van der Waals surface area contributed by atoms with E-state index in [1.165, 1.54) is 20.3 Å². The third-order valence-electron chi connectivity index (χ3n) is 8.50. The Bertz CT molecular complexity index is 1330. The van der Waals surface area contributed by atoms with Crippen molar-refractivity contribution < 1.29 is 34.3 Å². The summed E-state index contributed by atoms with van der Waals surface area (Å²) in [6.07, 6.45) is 10.3. The molecule has 1 fully saturated rings. The molecule has 0 spiro atoms. The minimum absolute atomic E-state index is 0.0573. The van der Waals surface area contributed by atoms with E-state index in [0.29, 0.717) is 36.1 Å². The van der Waals surface area contributed by atoms with E-state index in [-0.39, 0.29) is 34.7 Å². The summed E-state index contributed by atoms with van der Waals surface area (Å²) in [5.74, 6) is -1.33. The van der Waals surface area contributed by atoms with Crippen molar-refractivity contribution in [2.24, 2.45) is 16.8 Å². The van der Waals surface area contributed by atoms with Crippen molar-refractivity contribution in [1.82, 2.24) is 4.90 Å². The highest BCUT2D eigenvalue weighted by molar-refractivity contribution is 6.04. The largest absolute Gasteiger partial charge is 0.506 e. The number of hydrogen-bond acceptors (Lipinski definition) is 10. The fraction of sp³-hybridized carbons (Fsp3) is 0.559. The van der Waals surface area contributed by atoms with Gasteiger partial charge in [0.1, 0.15) is 23.3 Å². The number of aliphatic imine (C=N–C) groups is 1. The van der Waals surface area contributed by atoms with E-state index in [2.05, 4.69) is 15.2 Å². The fourth-order valence-electron chi connectivity index (χ4n) is 5.88. The SMILES string of the molecule is CO[C@H]1C=CC=C(C)C(=O)Nc2cc(O)c(N=CCN3CCCC3)c(c2O)C[C@@H](C)C[C@@H](OC)[C@@H](O)[C@H](C)C=C(C)C1OC#N. The van der Waals surface area contributed by atoms with Crippen molar-refractivity contribution in [3.05, 3.63) is 47.1 Å². The van der Waals surface area contributed by atoms with Gasteiger partial charge < -0.3 is 34.8 Å². The highest BCUT2D eigenvalue weighted by Crippen LogP contribution is 2.44. The Morgan fingerprint density at radius 3 is 2.53 bits per heavy atom. The Morgan fingerprint density at radius 1 is 1.18 bits per heavy atom. The maximum atomic E-state index is 13.1. The number of carbonyl (C=O) groups excluding carboxylic acids is 1. The number of aromatic hydroxyl groups is 2. The zero-order valence-electron chi connectivity index (χ0n) is 27.2. The molecule has 45 heavy (non-hydrogen) atoms.